The molecule has 1 aromatic carbocycles. The van der Waals surface area contributed by atoms with E-state index in [1.165, 1.54) is 6.92 Å². The Labute approximate surface area is 122 Å². The number of amides is 2. The highest BCUT2D eigenvalue weighted by atomic mass is 16.5. The number of benzene rings is 1. The van der Waals surface area contributed by atoms with Gasteiger partial charge >= 0.3 is 5.97 Å². The molecule has 0 aliphatic carbocycles. The van der Waals surface area contributed by atoms with Gasteiger partial charge < -0.3 is 15.4 Å². The first-order valence-electron chi connectivity index (χ1n) is 6.77. The Morgan fingerprint density at radius 2 is 1.90 bits per heavy atom. The van der Waals surface area contributed by atoms with Crippen LogP contribution in [0.3, 0.4) is 0 Å². The van der Waals surface area contributed by atoms with Crippen LogP contribution in [0.4, 0.5) is 0 Å². The molecule has 0 saturated carbocycles. The number of hydrogen-bond acceptors (Lipinski definition) is 4. The second-order valence-corrected chi connectivity index (χ2v) is 5.16. The standard InChI is InChI=1S/C15H18N2O4/c1-10(18)17-8-12(7-14(16)19)13(9-17)21-15(20)11-5-3-2-4-6-11/h2-6,12-13H,7-9H2,1H3,(H2,16,19)/t12-,13+/m0/s1. The molecule has 2 amide bonds. The van der Waals surface area contributed by atoms with Gasteiger partial charge in [0, 0.05) is 25.8 Å². The van der Waals surface area contributed by atoms with Crippen LogP contribution in [0.15, 0.2) is 30.3 Å². The first-order valence-corrected chi connectivity index (χ1v) is 6.77. The summed E-state index contributed by atoms with van der Waals surface area (Å²) >= 11 is 0. The lowest BCUT2D eigenvalue weighted by molar-refractivity contribution is -0.128. The lowest BCUT2D eigenvalue weighted by Gasteiger charge is -2.17. The van der Waals surface area contributed by atoms with Crippen LogP contribution in [0.2, 0.25) is 0 Å². The first-order chi connectivity index (χ1) is 9.97. The molecule has 1 heterocycles. The lowest BCUT2D eigenvalue weighted by atomic mass is 10.0. The van der Waals surface area contributed by atoms with Gasteiger partial charge in [-0.1, -0.05) is 18.2 Å². The number of hydrogen-bond donors (Lipinski definition) is 1. The highest BCUT2D eigenvalue weighted by Crippen LogP contribution is 2.24. The van der Waals surface area contributed by atoms with Gasteiger partial charge in [-0.15, -0.1) is 0 Å². The van der Waals surface area contributed by atoms with Crippen molar-refractivity contribution in [1.29, 1.82) is 0 Å². The van der Waals surface area contributed by atoms with Gasteiger partial charge in [0.1, 0.15) is 6.10 Å². The predicted octanol–water partition coefficient (Wildman–Crippen LogP) is 0.566. The zero-order valence-corrected chi connectivity index (χ0v) is 11.8. The van der Waals surface area contributed by atoms with E-state index in [-0.39, 0.29) is 18.2 Å². The van der Waals surface area contributed by atoms with Crippen molar-refractivity contribution in [2.45, 2.75) is 19.4 Å². The molecular weight excluding hydrogens is 272 g/mol. The zero-order valence-electron chi connectivity index (χ0n) is 11.8. The zero-order chi connectivity index (χ0) is 15.4. The van der Waals surface area contributed by atoms with Crippen molar-refractivity contribution in [1.82, 2.24) is 4.90 Å². The van der Waals surface area contributed by atoms with Crippen LogP contribution >= 0.6 is 0 Å². The summed E-state index contributed by atoms with van der Waals surface area (Å²) in [6, 6.07) is 8.61. The van der Waals surface area contributed by atoms with E-state index >= 15 is 0 Å². The summed E-state index contributed by atoms with van der Waals surface area (Å²) in [5.74, 6) is -1.28. The van der Waals surface area contributed by atoms with Crippen LogP contribution < -0.4 is 5.73 Å². The molecule has 2 atom stereocenters. The predicted molar refractivity (Wildman–Crippen MR) is 75.2 cm³/mol. The van der Waals surface area contributed by atoms with Crippen LogP contribution in [0.5, 0.6) is 0 Å². The first kappa shape index (κ1) is 15.0. The Hall–Kier alpha value is -2.37. The molecule has 6 nitrogen and oxygen atoms in total. The minimum atomic E-state index is -0.505. The molecule has 0 bridgehead atoms. The van der Waals surface area contributed by atoms with Gasteiger partial charge in [-0.2, -0.15) is 0 Å². The fourth-order valence-electron chi connectivity index (χ4n) is 2.47. The van der Waals surface area contributed by atoms with E-state index in [2.05, 4.69) is 0 Å². The van der Waals surface area contributed by atoms with E-state index < -0.39 is 18.0 Å². The van der Waals surface area contributed by atoms with E-state index in [1.807, 2.05) is 0 Å². The summed E-state index contributed by atoms with van der Waals surface area (Å²) in [7, 11) is 0. The average Bonchev–Trinajstić information content (AvgIpc) is 2.82. The minimum Gasteiger partial charge on any atom is -0.457 e. The molecule has 1 fully saturated rings. The number of nitrogens with zero attached hydrogens (tertiary/aromatic N) is 1. The van der Waals surface area contributed by atoms with Crippen molar-refractivity contribution in [3.05, 3.63) is 35.9 Å². The molecule has 0 unspecified atom stereocenters. The number of rotatable bonds is 4. The maximum absolute atomic E-state index is 12.1. The van der Waals surface area contributed by atoms with E-state index in [0.29, 0.717) is 18.7 Å². The van der Waals surface area contributed by atoms with Gasteiger partial charge in [-0.25, -0.2) is 4.79 Å². The van der Waals surface area contributed by atoms with Crippen molar-refractivity contribution in [3.8, 4) is 0 Å². The summed E-state index contributed by atoms with van der Waals surface area (Å²) in [4.78, 5) is 36.2. The number of carbonyl (C=O) groups excluding carboxylic acids is 3. The van der Waals surface area contributed by atoms with Crippen molar-refractivity contribution in [2.24, 2.45) is 11.7 Å². The van der Waals surface area contributed by atoms with E-state index in [9.17, 15) is 14.4 Å². The molecule has 1 saturated heterocycles. The third-order valence-corrected chi connectivity index (χ3v) is 3.56. The SMILES string of the molecule is CC(=O)N1C[C@H](CC(N)=O)[C@H](OC(=O)c2ccccc2)C1. The van der Waals surface area contributed by atoms with Crippen molar-refractivity contribution < 1.29 is 19.1 Å². The highest BCUT2D eigenvalue weighted by Gasteiger charge is 2.37. The van der Waals surface area contributed by atoms with Gasteiger partial charge in [0.25, 0.3) is 0 Å². The second kappa shape index (κ2) is 6.39. The maximum Gasteiger partial charge on any atom is 0.338 e. The van der Waals surface area contributed by atoms with Crippen LogP contribution in [-0.2, 0) is 14.3 Å². The molecule has 21 heavy (non-hydrogen) atoms. The van der Waals surface area contributed by atoms with Gasteiger partial charge in [0.05, 0.1) is 12.1 Å². The summed E-state index contributed by atoms with van der Waals surface area (Å²) in [5.41, 5.74) is 5.66. The number of primary amides is 1. The van der Waals surface area contributed by atoms with Crippen LogP contribution in [0.25, 0.3) is 0 Å². The highest BCUT2D eigenvalue weighted by molar-refractivity contribution is 5.89. The molecule has 6 heteroatoms. The topological polar surface area (TPSA) is 89.7 Å². The molecule has 0 spiro atoms. The molecule has 1 aromatic rings. The molecule has 112 valence electrons. The maximum atomic E-state index is 12.1. The Kier molecular flexibility index (Phi) is 4.57. The minimum absolute atomic E-state index is 0.0938. The second-order valence-electron chi connectivity index (χ2n) is 5.16. The summed E-state index contributed by atoms with van der Waals surface area (Å²) in [5, 5.41) is 0. The van der Waals surface area contributed by atoms with Gasteiger partial charge in [0.2, 0.25) is 11.8 Å². The number of carbonyl (C=O) groups is 3. The summed E-state index contributed by atoms with van der Waals surface area (Å²) in [6.07, 6.45) is -0.412. The fraction of sp³-hybridized carbons (Fsp3) is 0.400. The Bertz CT molecular complexity index is 544. The van der Waals surface area contributed by atoms with Crippen molar-refractivity contribution in [3.63, 3.8) is 0 Å². The van der Waals surface area contributed by atoms with Gasteiger partial charge in [0.15, 0.2) is 0 Å². The molecular formula is C15H18N2O4. The largest absolute Gasteiger partial charge is 0.457 e. The Balaban J connectivity index is 2.06. The van der Waals surface area contributed by atoms with E-state index in [1.54, 1.807) is 35.2 Å². The number of nitrogens with two attached hydrogens (primary N) is 1. The van der Waals surface area contributed by atoms with E-state index in [4.69, 9.17) is 10.5 Å². The molecule has 1 aliphatic heterocycles. The third-order valence-electron chi connectivity index (χ3n) is 3.56. The molecule has 0 radical (unpaired) electrons. The van der Waals surface area contributed by atoms with Gasteiger partial charge in [-0.05, 0) is 12.1 Å². The van der Waals surface area contributed by atoms with Gasteiger partial charge in [-0.3, -0.25) is 9.59 Å². The molecule has 2 N–H and O–H groups in total. The fourth-order valence-corrected chi connectivity index (χ4v) is 2.47. The van der Waals surface area contributed by atoms with E-state index in [0.717, 1.165) is 0 Å². The summed E-state index contributed by atoms with van der Waals surface area (Å²) < 4.78 is 5.45. The Morgan fingerprint density at radius 3 is 2.48 bits per heavy atom. The lowest BCUT2D eigenvalue weighted by Crippen LogP contribution is -2.30. The molecule has 0 aromatic heterocycles. The third kappa shape index (κ3) is 3.81. The van der Waals surface area contributed by atoms with Crippen molar-refractivity contribution in [2.75, 3.05) is 13.1 Å². The quantitative estimate of drug-likeness (QED) is 0.821. The van der Waals surface area contributed by atoms with Crippen LogP contribution in [0.1, 0.15) is 23.7 Å². The Morgan fingerprint density at radius 1 is 1.24 bits per heavy atom. The van der Waals surface area contributed by atoms with Crippen molar-refractivity contribution >= 4 is 17.8 Å². The molecule has 1 aliphatic rings. The average molecular weight is 290 g/mol. The number of esters is 1. The normalized spacial score (nSPS) is 21.1. The number of ether oxygens (including phenoxy) is 1. The molecule has 2 rings (SSSR count). The number of likely N-dealkylation sites (tertiary alicyclic amines) is 1. The monoisotopic (exact) mass is 290 g/mol. The van der Waals surface area contributed by atoms with Crippen LogP contribution in [0, 0.1) is 5.92 Å². The summed E-state index contributed by atoms with van der Waals surface area (Å²) in [6.45, 7) is 2.12. The van der Waals surface area contributed by atoms with Crippen LogP contribution in [-0.4, -0.2) is 41.9 Å². The smallest absolute Gasteiger partial charge is 0.338 e.